The van der Waals surface area contributed by atoms with Crippen LogP contribution in [-0.4, -0.2) is 33.3 Å². The molecule has 136 valence electrons. The fourth-order valence-electron chi connectivity index (χ4n) is 2.32. The van der Waals surface area contributed by atoms with E-state index >= 15 is 0 Å². The first-order chi connectivity index (χ1) is 12.6. The number of halogens is 1. The third kappa shape index (κ3) is 5.30. The first kappa shape index (κ1) is 19.9. The van der Waals surface area contributed by atoms with Crippen LogP contribution in [0, 0.1) is 15.9 Å². The molecule has 1 N–H and O–H groups in total. The van der Waals surface area contributed by atoms with Gasteiger partial charge in [0.1, 0.15) is 12.4 Å². The molecule has 0 aliphatic rings. The van der Waals surface area contributed by atoms with Gasteiger partial charge in [-0.05, 0) is 58.8 Å². The van der Waals surface area contributed by atoms with Crippen molar-refractivity contribution in [1.29, 1.82) is 0 Å². The molecular formula is C20H20INO4. The first-order valence-corrected chi connectivity index (χ1v) is 9.01. The molecule has 0 spiro atoms. The minimum absolute atomic E-state index is 0.149. The van der Waals surface area contributed by atoms with Gasteiger partial charge in [-0.3, -0.25) is 4.79 Å². The lowest BCUT2D eigenvalue weighted by atomic mass is 10.1. The number of methoxy groups -OCH3 is 2. The number of carbonyl (C=O) groups excluding carboxylic acids is 1. The van der Waals surface area contributed by atoms with Gasteiger partial charge in [0, 0.05) is 10.1 Å². The SMILES string of the molecule is C#CCOc1ccc(CCNC(=O)c2cc(OC)c(OC)cc2I)cc1. The molecule has 0 saturated heterocycles. The molecule has 6 heteroatoms. The highest BCUT2D eigenvalue weighted by Gasteiger charge is 2.15. The number of ether oxygens (including phenoxy) is 3. The summed E-state index contributed by atoms with van der Waals surface area (Å²) in [5, 5.41) is 2.93. The number of rotatable bonds is 8. The van der Waals surface area contributed by atoms with Crippen molar-refractivity contribution in [3.63, 3.8) is 0 Å². The second kappa shape index (κ2) is 9.92. The van der Waals surface area contributed by atoms with E-state index in [1.165, 1.54) is 0 Å². The molecule has 26 heavy (non-hydrogen) atoms. The largest absolute Gasteiger partial charge is 0.493 e. The molecule has 5 nitrogen and oxygen atoms in total. The lowest BCUT2D eigenvalue weighted by molar-refractivity contribution is 0.0953. The molecule has 0 aromatic heterocycles. The summed E-state index contributed by atoms with van der Waals surface area (Å²) in [7, 11) is 3.11. The summed E-state index contributed by atoms with van der Waals surface area (Å²) < 4.78 is 16.6. The number of benzene rings is 2. The van der Waals surface area contributed by atoms with E-state index in [1.54, 1.807) is 26.4 Å². The highest BCUT2D eigenvalue weighted by molar-refractivity contribution is 14.1. The topological polar surface area (TPSA) is 56.8 Å². The van der Waals surface area contributed by atoms with Crippen molar-refractivity contribution in [2.24, 2.45) is 0 Å². The van der Waals surface area contributed by atoms with Crippen LogP contribution in [0.2, 0.25) is 0 Å². The lowest BCUT2D eigenvalue weighted by Gasteiger charge is -2.12. The van der Waals surface area contributed by atoms with Crippen LogP contribution in [0.1, 0.15) is 15.9 Å². The van der Waals surface area contributed by atoms with Gasteiger partial charge in [-0.25, -0.2) is 0 Å². The fraction of sp³-hybridized carbons (Fsp3) is 0.250. The Labute approximate surface area is 167 Å². The van der Waals surface area contributed by atoms with Gasteiger partial charge in [0.25, 0.3) is 5.91 Å². The second-order valence-electron chi connectivity index (χ2n) is 5.33. The van der Waals surface area contributed by atoms with E-state index in [-0.39, 0.29) is 12.5 Å². The molecule has 0 saturated carbocycles. The van der Waals surface area contributed by atoms with E-state index in [4.69, 9.17) is 20.6 Å². The minimum atomic E-state index is -0.149. The maximum Gasteiger partial charge on any atom is 0.252 e. The maximum atomic E-state index is 12.4. The zero-order valence-corrected chi connectivity index (χ0v) is 16.8. The third-order valence-corrected chi connectivity index (χ3v) is 4.56. The molecule has 0 bridgehead atoms. The van der Waals surface area contributed by atoms with Gasteiger partial charge in [0.2, 0.25) is 0 Å². The van der Waals surface area contributed by atoms with Gasteiger partial charge in [-0.1, -0.05) is 18.1 Å². The summed E-state index contributed by atoms with van der Waals surface area (Å²) in [5.41, 5.74) is 1.65. The Morgan fingerprint density at radius 1 is 1.15 bits per heavy atom. The van der Waals surface area contributed by atoms with Crippen molar-refractivity contribution in [2.45, 2.75) is 6.42 Å². The smallest absolute Gasteiger partial charge is 0.252 e. The Morgan fingerprint density at radius 2 is 1.81 bits per heavy atom. The molecule has 0 aliphatic carbocycles. The van der Waals surface area contributed by atoms with Crippen LogP contribution in [0.3, 0.4) is 0 Å². The monoisotopic (exact) mass is 465 g/mol. The van der Waals surface area contributed by atoms with Crippen LogP contribution < -0.4 is 19.5 Å². The van der Waals surface area contributed by atoms with Crippen LogP contribution in [0.25, 0.3) is 0 Å². The molecular weight excluding hydrogens is 445 g/mol. The molecule has 2 rings (SSSR count). The van der Waals surface area contributed by atoms with E-state index in [0.29, 0.717) is 30.0 Å². The van der Waals surface area contributed by atoms with Gasteiger partial charge in [-0.2, -0.15) is 0 Å². The van der Waals surface area contributed by atoms with Crippen molar-refractivity contribution in [3.05, 3.63) is 51.1 Å². The van der Waals surface area contributed by atoms with Crippen molar-refractivity contribution >= 4 is 28.5 Å². The van der Waals surface area contributed by atoms with Gasteiger partial charge in [-0.15, -0.1) is 6.42 Å². The second-order valence-corrected chi connectivity index (χ2v) is 6.49. The van der Waals surface area contributed by atoms with Gasteiger partial charge >= 0.3 is 0 Å². The quantitative estimate of drug-likeness (QED) is 0.481. The molecule has 0 heterocycles. The molecule has 1 amide bonds. The summed E-state index contributed by atoms with van der Waals surface area (Å²) in [6.45, 7) is 0.771. The average molecular weight is 465 g/mol. The van der Waals surface area contributed by atoms with Crippen LogP contribution in [-0.2, 0) is 6.42 Å². The van der Waals surface area contributed by atoms with Crippen LogP contribution in [0.4, 0.5) is 0 Å². The standard InChI is InChI=1S/C20H20INO4/c1-4-11-26-15-7-5-14(6-8-15)9-10-22-20(23)16-12-18(24-2)19(25-3)13-17(16)21/h1,5-8,12-13H,9-11H2,2-3H3,(H,22,23). The third-order valence-electron chi connectivity index (χ3n) is 3.66. The zero-order valence-electron chi connectivity index (χ0n) is 14.7. The normalized spacial score (nSPS) is 9.92. The number of hydrogen-bond donors (Lipinski definition) is 1. The van der Waals surface area contributed by atoms with Crippen molar-refractivity contribution < 1.29 is 19.0 Å². The highest BCUT2D eigenvalue weighted by Crippen LogP contribution is 2.31. The fourth-order valence-corrected chi connectivity index (χ4v) is 3.00. The van der Waals surface area contributed by atoms with Gasteiger partial charge in [0.05, 0.1) is 19.8 Å². The predicted molar refractivity (Wildman–Crippen MR) is 109 cm³/mol. The summed E-state index contributed by atoms with van der Waals surface area (Å²) in [6, 6.07) is 11.1. The van der Waals surface area contributed by atoms with E-state index < -0.39 is 0 Å². The molecule has 0 radical (unpaired) electrons. The average Bonchev–Trinajstić information content (AvgIpc) is 2.66. The number of terminal acetylenes is 1. The molecule has 0 unspecified atom stereocenters. The Kier molecular flexibility index (Phi) is 7.60. The maximum absolute atomic E-state index is 12.4. The van der Waals surface area contributed by atoms with Crippen molar-refractivity contribution in [3.8, 4) is 29.6 Å². The summed E-state index contributed by atoms with van der Waals surface area (Å²) in [5.74, 6) is 4.14. The van der Waals surface area contributed by atoms with E-state index in [0.717, 1.165) is 14.9 Å². The minimum Gasteiger partial charge on any atom is -0.493 e. The molecule has 2 aromatic rings. The summed E-state index contributed by atoms with van der Waals surface area (Å²) >= 11 is 2.11. The number of amides is 1. The van der Waals surface area contributed by atoms with Gasteiger partial charge in [0.15, 0.2) is 11.5 Å². The number of nitrogens with one attached hydrogen (secondary N) is 1. The van der Waals surface area contributed by atoms with Crippen molar-refractivity contribution in [1.82, 2.24) is 5.32 Å². The number of carbonyl (C=O) groups is 1. The number of hydrogen-bond acceptors (Lipinski definition) is 4. The van der Waals surface area contributed by atoms with Crippen LogP contribution >= 0.6 is 22.6 Å². The first-order valence-electron chi connectivity index (χ1n) is 7.94. The van der Waals surface area contributed by atoms with Crippen LogP contribution in [0.5, 0.6) is 17.2 Å². The zero-order chi connectivity index (χ0) is 18.9. The van der Waals surface area contributed by atoms with E-state index in [2.05, 4.69) is 33.8 Å². The van der Waals surface area contributed by atoms with Crippen LogP contribution in [0.15, 0.2) is 36.4 Å². The predicted octanol–water partition coefficient (Wildman–Crippen LogP) is 3.29. The molecule has 0 fully saturated rings. The molecule has 0 atom stereocenters. The van der Waals surface area contributed by atoms with Crippen molar-refractivity contribution in [2.75, 3.05) is 27.4 Å². The molecule has 2 aromatic carbocycles. The Morgan fingerprint density at radius 3 is 2.42 bits per heavy atom. The Hall–Kier alpha value is -2.40. The van der Waals surface area contributed by atoms with Gasteiger partial charge < -0.3 is 19.5 Å². The molecule has 0 aliphatic heterocycles. The van der Waals surface area contributed by atoms with E-state index in [9.17, 15) is 4.79 Å². The Bertz CT molecular complexity index is 797. The Balaban J connectivity index is 1.93. The van der Waals surface area contributed by atoms with E-state index in [1.807, 2.05) is 24.3 Å². The summed E-state index contributed by atoms with van der Waals surface area (Å²) in [6.07, 6.45) is 5.88. The summed E-state index contributed by atoms with van der Waals surface area (Å²) in [4.78, 5) is 12.4. The highest BCUT2D eigenvalue weighted by atomic mass is 127. The lowest BCUT2D eigenvalue weighted by Crippen LogP contribution is -2.26.